The van der Waals surface area contributed by atoms with Gasteiger partial charge in [-0.2, -0.15) is 0 Å². The summed E-state index contributed by atoms with van der Waals surface area (Å²) in [5.74, 6) is -1.60. The first-order valence-corrected chi connectivity index (χ1v) is 6.55. The van der Waals surface area contributed by atoms with Crippen LogP contribution in [0.4, 0.5) is 20.2 Å². The molecule has 0 fully saturated rings. The fraction of sp³-hybridized carbons (Fsp3) is 0.200. The number of halogens is 2. The highest BCUT2D eigenvalue weighted by molar-refractivity contribution is 5.94. The third-order valence-electron chi connectivity index (χ3n) is 2.75. The quantitative estimate of drug-likeness (QED) is 0.889. The number of nitrogens with zero attached hydrogens (tertiary/aromatic N) is 1. The van der Waals surface area contributed by atoms with Crippen molar-refractivity contribution in [2.45, 2.75) is 13.3 Å². The van der Waals surface area contributed by atoms with Gasteiger partial charge in [0.25, 0.3) is 5.91 Å². The molecule has 4 nitrogen and oxygen atoms in total. The molecule has 0 spiro atoms. The minimum Gasteiger partial charge on any atom is -0.352 e. The Hall–Kier alpha value is -2.50. The second kappa shape index (κ2) is 6.78. The van der Waals surface area contributed by atoms with Gasteiger partial charge < -0.3 is 10.6 Å². The lowest BCUT2D eigenvalue weighted by Gasteiger charge is -2.09. The maximum Gasteiger partial charge on any atom is 0.252 e. The summed E-state index contributed by atoms with van der Waals surface area (Å²) < 4.78 is 26.4. The molecule has 0 radical (unpaired) electrons. The predicted molar refractivity (Wildman–Crippen MR) is 76.5 cm³/mol. The van der Waals surface area contributed by atoms with E-state index >= 15 is 0 Å². The van der Waals surface area contributed by atoms with Crippen LogP contribution < -0.4 is 10.6 Å². The summed E-state index contributed by atoms with van der Waals surface area (Å²) in [6, 6.07) is 4.78. The normalized spacial score (nSPS) is 10.2. The summed E-state index contributed by atoms with van der Waals surface area (Å²) >= 11 is 0. The number of hydrogen-bond donors (Lipinski definition) is 2. The lowest BCUT2D eigenvalue weighted by molar-refractivity contribution is 0.0953. The Balaban J connectivity index is 2.15. The molecule has 21 heavy (non-hydrogen) atoms. The average Bonchev–Trinajstić information content (AvgIpc) is 2.48. The lowest BCUT2D eigenvalue weighted by atomic mass is 10.2. The summed E-state index contributed by atoms with van der Waals surface area (Å²) in [6.45, 7) is 2.52. The number of pyridine rings is 1. The number of benzene rings is 1. The molecule has 0 aliphatic carbocycles. The van der Waals surface area contributed by atoms with E-state index in [1.165, 1.54) is 18.5 Å². The van der Waals surface area contributed by atoms with Gasteiger partial charge in [-0.15, -0.1) is 0 Å². The van der Waals surface area contributed by atoms with E-state index in [1.54, 1.807) is 6.07 Å². The van der Waals surface area contributed by atoms with Gasteiger partial charge in [0, 0.05) is 18.8 Å². The van der Waals surface area contributed by atoms with Gasteiger partial charge in [0.15, 0.2) is 0 Å². The van der Waals surface area contributed by atoms with E-state index in [4.69, 9.17) is 0 Å². The fourth-order valence-corrected chi connectivity index (χ4v) is 1.72. The molecule has 0 unspecified atom stereocenters. The predicted octanol–water partition coefficient (Wildman–Crippen LogP) is 3.24. The summed E-state index contributed by atoms with van der Waals surface area (Å²) in [7, 11) is 0. The number of anilines is 2. The maximum atomic E-state index is 13.6. The van der Waals surface area contributed by atoms with Crippen molar-refractivity contribution < 1.29 is 13.6 Å². The van der Waals surface area contributed by atoms with Gasteiger partial charge in [0.2, 0.25) is 0 Å². The summed E-state index contributed by atoms with van der Waals surface area (Å²) in [6.07, 6.45) is 3.72. The van der Waals surface area contributed by atoms with Crippen molar-refractivity contribution in [2.24, 2.45) is 0 Å². The van der Waals surface area contributed by atoms with Crippen LogP contribution in [0.15, 0.2) is 36.7 Å². The van der Waals surface area contributed by atoms with Gasteiger partial charge in [-0.1, -0.05) is 6.92 Å². The highest BCUT2D eigenvalue weighted by Gasteiger charge is 2.08. The Labute approximate surface area is 121 Å². The first-order valence-electron chi connectivity index (χ1n) is 6.55. The Bertz CT molecular complexity index is 647. The fourth-order valence-electron chi connectivity index (χ4n) is 1.72. The van der Waals surface area contributed by atoms with Crippen LogP contribution in [-0.4, -0.2) is 17.4 Å². The van der Waals surface area contributed by atoms with Gasteiger partial charge in [-0.05, 0) is 24.6 Å². The monoisotopic (exact) mass is 291 g/mol. The van der Waals surface area contributed by atoms with Gasteiger partial charge in [-0.3, -0.25) is 9.78 Å². The smallest absolute Gasteiger partial charge is 0.252 e. The minimum absolute atomic E-state index is 0.115. The topological polar surface area (TPSA) is 54.0 Å². The van der Waals surface area contributed by atoms with Crippen LogP contribution in [0, 0.1) is 11.6 Å². The van der Waals surface area contributed by atoms with Crippen molar-refractivity contribution in [3.05, 3.63) is 53.9 Å². The zero-order valence-corrected chi connectivity index (χ0v) is 11.5. The summed E-state index contributed by atoms with van der Waals surface area (Å²) in [4.78, 5) is 15.8. The third-order valence-corrected chi connectivity index (χ3v) is 2.75. The number of rotatable bonds is 5. The van der Waals surface area contributed by atoms with E-state index in [0.29, 0.717) is 17.8 Å². The van der Waals surface area contributed by atoms with Crippen LogP contribution in [-0.2, 0) is 0 Å². The molecule has 0 saturated heterocycles. The standard InChI is InChI=1S/C15H15F2N3O/c1-2-5-19-15(21)10-6-12(9-18-8-10)20-14-4-3-11(16)7-13(14)17/h3-4,6-9,20H,2,5H2,1H3,(H,19,21). The van der Waals surface area contributed by atoms with Gasteiger partial charge in [0.1, 0.15) is 11.6 Å². The molecule has 1 amide bonds. The second-order valence-electron chi connectivity index (χ2n) is 4.47. The lowest BCUT2D eigenvalue weighted by Crippen LogP contribution is -2.24. The number of carbonyl (C=O) groups is 1. The van der Waals surface area contributed by atoms with Crippen LogP contribution >= 0.6 is 0 Å². The molecule has 1 aromatic carbocycles. The van der Waals surface area contributed by atoms with Gasteiger partial charge >= 0.3 is 0 Å². The number of amides is 1. The van der Waals surface area contributed by atoms with E-state index in [1.807, 2.05) is 6.92 Å². The van der Waals surface area contributed by atoms with E-state index in [0.717, 1.165) is 18.6 Å². The molecule has 2 rings (SSSR count). The summed E-state index contributed by atoms with van der Waals surface area (Å²) in [5.41, 5.74) is 0.935. The SMILES string of the molecule is CCCNC(=O)c1cncc(Nc2ccc(F)cc2F)c1. The first-order chi connectivity index (χ1) is 10.1. The Morgan fingerprint density at radius 3 is 2.76 bits per heavy atom. The zero-order valence-electron chi connectivity index (χ0n) is 11.5. The summed E-state index contributed by atoms with van der Waals surface area (Å²) in [5, 5.41) is 5.49. The molecule has 1 heterocycles. The molecule has 110 valence electrons. The van der Waals surface area contributed by atoms with Crippen molar-refractivity contribution in [3.63, 3.8) is 0 Å². The molecule has 2 aromatic rings. The number of hydrogen-bond acceptors (Lipinski definition) is 3. The van der Waals surface area contributed by atoms with Crippen LogP contribution in [0.2, 0.25) is 0 Å². The van der Waals surface area contributed by atoms with Crippen LogP contribution in [0.5, 0.6) is 0 Å². The van der Waals surface area contributed by atoms with Crippen LogP contribution in [0.25, 0.3) is 0 Å². The molecular formula is C15H15F2N3O. The molecule has 0 aliphatic rings. The largest absolute Gasteiger partial charge is 0.352 e. The molecule has 6 heteroatoms. The zero-order chi connectivity index (χ0) is 15.2. The minimum atomic E-state index is -0.712. The van der Waals surface area contributed by atoms with Crippen molar-refractivity contribution >= 4 is 17.3 Å². The number of carbonyl (C=O) groups excluding carboxylic acids is 1. The average molecular weight is 291 g/mol. The first kappa shape index (κ1) is 14.9. The Morgan fingerprint density at radius 2 is 2.05 bits per heavy atom. The van der Waals surface area contributed by atoms with Gasteiger partial charge in [-0.25, -0.2) is 8.78 Å². The van der Waals surface area contributed by atoms with Gasteiger partial charge in [0.05, 0.1) is 23.1 Å². The molecule has 0 bridgehead atoms. The Morgan fingerprint density at radius 1 is 1.24 bits per heavy atom. The highest BCUT2D eigenvalue weighted by Crippen LogP contribution is 2.20. The van der Waals surface area contributed by atoms with E-state index in [2.05, 4.69) is 15.6 Å². The third kappa shape index (κ3) is 3.98. The van der Waals surface area contributed by atoms with Crippen molar-refractivity contribution in [2.75, 3.05) is 11.9 Å². The number of nitrogens with one attached hydrogen (secondary N) is 2. The van der Waals surface area contributed by atoms with E-state index in [-0.39, 0.29) is 11.6 Å². The van der Waals surface area contributed by atoms with Crippen molar-refractivity contribution in [3.8, 4) is 0 Å². The van der Waals surface area contributed by atoms with E-state index < -0.39 is 11.6 Å². The maximum absolute atomic E-state index is 13.6. The molecular weight excluding hydrogens is 276 g/mol. The molecule has 0 atom stereocenters. The molecule has 1 aromatic heterocycles. The Kier molecular flexibility index (Phi) is 4.81. The number of aromatic nitrogens is 1. The molecule has 2 N–H and O–H groups in total. The van der Waals surface area contributed by atoms with Crippen LogP contribution in [0.3, 0.4) is 0 Å². The molecule has 0 aliphatic heterocycles. The molecule has 0 saturated carbocycles. The van der Waals surface area contributed by atoms with Crippen molar-refractivity contribution in [1.82, 2.24) is 10.3 Å². The van der Waals surface area contributed by atoms with E-state index in [9.17, 15) is 13.6 Å². The highest BCUT2D eigenvalue weighted by atomic mass is 19.1. The van der Waals surface area contributed by atoms with Crippen LogP contribution in [0.1, 0.15) is 23.7 Å². The second-order valence-corrected chi connectivity index (χ2v) is 4.47. The van der Waals surface area contributed by atoms with Crippen molar-refractivity contribution in [1.29, 1.82) is 0 Å².